The topological polar surface area (TPSA) is 58.6 Å². The largest absolute Gasteiger partial charge is 0.508 e. The molecule has 1 aromatic carbocycles. The van der Waals surface area contributed by atoms with Crippen LogP contribution in [0, 0.1) is 6.92 Å². The highest BCUT2D eigenvalue weighted by Crippen LogP contribution is 2.24. The second-order valence-electron chi connectivity index (χ2n) is 4.34. The Labute approximate surface area is 101 Å². The molecule has 1 heterocycles. The van der Waals surface area contributed by atoms with Crippen LogP contribution in [-0.2, 0) is 9.53 Å². The Bertz CT molecular complexity index is 411. The standard InChI is InChI=1S/C13H17NO3/c1-9-11(5-2-6-12(9)15)14-13(16)8-10-4-3-7-17-10/h2,5-6,10,15H,3-4,7-8H2,1H3,(H,14,16). The number of hydrogen-bond donors (Lipinski definition) is 2. The zero-order valence-corrected chi connectivity index (χ0v) is 9.90. The minimum atomic E-state index is -0.0643. The number of hydrogen-bond acceptors (Lipinski definition) is 3. The van der Waals surface area contributed by atoms with Crippen molar-refractivity contribution < 1.29 is 14.6 Å². The lowest BCUT2D eigenvalue weighted by Crippen LogP contribution is -2.19. The first kappa shape index (κ1) is 11.9. The zero-order chi connectivity index (χ0) is 12.3. The maximum absolute atomic E-state index is 11.8. The third-order valence-electron chi connectivity index (χ3n) is 3.02. The van der Waals surface area contributed by atoms with Crippen molar-refractivity contribution in [2.24, 2.45) is 0 Å². The monoisotopic (exact) mass is 235 g/mol. The van der Waals surface area contributed by atoms with Gasteiger partial charge in [-0.25, -0.2) is 0 Å². The molecule has 92 valence electrons. The molecule has 0 aliphatic carbocycles. The van der Waals surface area contributed by atoms with Crippen molar-refractivity contribution in [2.75, 3.05) is 11.9 Å². The molecule has 0 spiro atoms. The highest BCUT2D eigenvalue weighted by molar-refractivity contribution is 5.92. The van der Waals surface area contributed by atoms with Crippen LogP contribution in [0.4, 0.5) is 5.69 Å². The second-order valence-corrected chi connectivity index (χ2v) is 4.34. The Hall–Kier alpha value is -1.55. The van der Waals surface area contributed by atoms with Gasteiger partial charge in [0, 0.05) is 17.9 Å². The minimum Gasteiger partial charge on any atom is -0.508 e. The van der Waals surface area contributed by atoms with Gasteiger partial charge in [0.15, 0.2) is 0 Å². The lowest BCUT2D eigenvalue weighted by atomic mass is 10.1. The van der Waals surface area contributed by atoms with Crippen LogP contribution in [0.3, 0.4) is 0 Å². The number of phenols is 1. The molecule has 1 aliphatic rings. The van der Waals surface area contributed by atoms with Crippen LogP contribution in [0.1, 0.15) is 24.8 Å². The number of anilines is 1. The van der Waals surface area contributed by atoms with Crippen LogP contribution in [-0.4, -0.2) is 23.7 Å². The van der Waals surface area contributed by atoms with E-state index in [2.05, 4.69) is 5.32 Å². The average Bonchev–Trinajstić information content (AvgIpc) is 2.77. The van der Waals surface area contributed by atoms with E-state index in [4.69, 9.17) is 4.74 Å². The quantitative estimate of drug-likeness (QED) is 0.844. The van der Waals surface area contributed by atoms with Crippen molar-refractivity contribution in [1.82, 2.24) is 0 Å². The number of carbonyl (C=O) groups excluding carboxylic acids is 1. The summed E-state index contributed by atoms with van der Waals surface area (Å²) in [6.07, 6.45) is 2.41. The summed E-state index contributed by atoms with van der Waals surface area (Å²) in [4.78, 5) is 11.8. The number of nitrogens with one attached hydrogen (secondary N) is 1. The number of rotatable bonds is 3. The summed E-state index contributed by atoms with van der Waals surface area (Å²) in [5.41, 5.74) is 1.35. The second kappa shape index (κ2) is 5.19. The maximum Gasteiger partial charge on any atom is 0.226 e. The van der Waals surface area contributed by atoms with Crippen LogP contribution >= 0.6 is 0 Å². The fourth-order valence-electron chi connectivity index (χ4n) is 1.97. The van der Waals surface area contributed by atoms with Gasteiger partial charge in [-0.05, 0) is 31.9 Å². The molecule has 1 aromatic rings. The molecular weight excluding hydrogens is 218 g/mol. The van der Waals surface area contributed by atoms with Gasteiger partial charge in [-0.15, -0.1) is 0 Å². The van der Waals surface area contributed by atoms with Gasteiger partial charge >= 0.3 is 0 Å². The first-order valence-corrected chi connectivity index (χ1v) is 5.87. The van der Waals surface area contributed by atoms with E-state index in [1.54, 1.807) is 25.1 Å². The minimum absolute atomic E-state index is 0.0487. The van der Waals surface area contributed by atoms with Crippen LogP contribution in [0.25, 0.3) is 0 Å². The molecule has 1 fully saturated rings. The molecule has 1 unspecified atom stereocenters. The smallest absolute Gasteiger partial charge is 0.226 e. The van der Waals surface area contributed by atoms with E-state index in [9.17, 15) is 9.90 Å². The summed E-state index contributed by atoms with van der Waals surface area (Å²) in [6.45, 7) is 2.53. The third kappa shape index (κ3) is 2.97. The summed E-state index contributed by atoms with van der Waals surface area (Å²) in [6, 6.07) is 5.09. The lowest BCUT2D eigenvalue weighted by Gasteiger charge is -2.12. The summed E-state index contributed by atoms with van der Waals surface area (Å²) in [7, 11) is 0. The van der Waals surface area contributed by atoms with E-state index in [0.717, 1.165) is 19.4 Å². The van der Waals surface area contributed by atoms with Gasteiger partial charge in [0.2, 0.25) is 5.91 Å². The number of phenolic OH excluding ortho intramolecular Hbond substituents is 1. The van der Waals surface area contributed by atoms with Gasteiger partial charge in [0.25, 0.3) is 0 Å². The van der Waals surface area contributed by atoms with E-state index in [1.807, 2.05) is 0 Å². The van der Waals surface area contributed by atoms with Crippen LogP contribution < -0.4 is 5.32 Å². The summed E-state index contributed by atoms with van der Waals surface area (Å²) < 4.78 is 5.41. The molecule has 1 amide bonds. The summed E-state index contributed by atoms with van der Waals surface area (Å²) in [5, 5.41) is 12.3. The van der Waals surface area contributed by atoms with E-state index in [-0.39, 0.29) is 17.8 Å². The number of aromatic hydroxyl groups is 1. The Morgan fingerprint density at radius 3 is 3.12 bits per heavy atom. The number of carbonyl (C=O) groups is 1. The average molecular weight is 235 g/mol. The number of ether oxygens (including phenoxy) is 1. The van der Waals surface area contributed by atoms with Gasteiger partial charge in [-0.3, -0.25) is 4.79 Å². The van der Waals surface area contributed by atoms with E-state index >= 15 is 0 Å². The molecule has 4 nitrogen and oxygen atoms in total. The molecule has 0 aromatic heterocycles. The maximum atomic E-state index is 11.8. The molecule has 1 aliphatic heterocycles. The zero-order valence-electron chi connectivity index (χ0n) is 9.90. The SMILES string of the molecule is Cc1c(O)cccc1NC(=O)CC1CCCO1. The van der Waals surface area contributed by atoms with Gasteiger partial charge in [0.05, 0.1) is 12.5 Å². The van der Waals surface area contributed by atoms with Gasteiger partial charge in [0.1, 0.15) is 5.75 Å². The fourth-order valence-corrected chi connectivity index (χ4v) is 1.97. The molecule has 17 heavy (non-hydrogen) atoms. The van der Waals surface area contributed by atoms with Gasteiger partial charge in [-0.2, -0.15) is 0 Å². The molecule has 0 radical (unpaired) electrons. The Kier molecular flexibility index (Phi) is 3.64. The highest BCUT2D eigenvalue weighted by atomic mass is 16.5. The van der Waals surface area contributed by atoms with Crippen molar-refractivity contribution in [3.63, 3.8) is 0 Å². The highest BCUT2D eigenvalue weighted by Gasteiger charge is 2.19. The van der Waals surface area contributed by atoms with E-state index in [0.29, 0.717) is 17.7 Å². The molecule has 0 saturated carbocycles. The number of benzene rings is 1. The summed E-state index contributed by atoms with van der Waals surface area (Å²) >= 11 is 0. The van der Waals surface area contributed by atoms with Crippen LogP contribution in [0.15, 0.2) is 18.2 Å². The Morgan fingerprint density at radius 2 is 2.41 bits per heavy atom. The van der Waals surface area contributed by atoms with E-state index in [1.165, 1.54) is 0 Å². The van der Waals surface area contributed by atoms with Crippen molar-refractivity contribution >= 4 is 11.6 Å². The Balaban J connectivity index is 1.95. The van der Waals surface area contributed by atoms with Crippen LogP contribution in [0.5, 0.6) is 5.75 Å². The van der Waals surface area contributed by atoms with Crippen molar-refractivity contribution in [1.29, 1.82) is 0 Å². The lowest BCUT2D eigenvalue weighted by molar-refractivity contribution is -0.118. The summed E-state index contributed by atoms with van der Waals surface area (Å²) in [5.74, 6) is 0.130. The molecule has 1 atom stereocenters. The van der Waals surface area contributed by atoms with Gasteiger partial charge < -0.3 is 15.2 Å². The Morgan fingerprint density at radius 1 is 1.59 bits per heavy atom. The third-order valence-corrected chi connectivity index (χ3v) is 3.02. The molecule has 0 bridgehead atoms. The van der Waals surface area contributed by atoms with E-state index < -0.39 is 0 Å². The first-order valence-electron chi connectivity index (χ1n) is 5.87. The van der Waals surface area contributed by atoms with Gasteiger partial charge in [-0.1, -0.05) is 6.07 Å². The molecule has 4 heteroatoms. The van der Waals surface area contributed by atoms with Crippen molar-refractivity contribution in [3.05, 3.63) is 23.8 Å². The molecule has 1 saturated heterocycles. The normalized spacial score (nSPS) is 19.2. The first-order chi connectivity index (χ1) is 8.16. The fraction of sp³-hybridized carbons (Fsp3) is 0.462. The van der Waals surface area contributed by atoms with Crippen molar-refractivity contribution in [2.45, 2.75) is 32.3 Å². The molecule has 2 rings (SSSR count). The molecule has 2 N–H and O–H groups in total. The predicted molar refractivity (Wildman–Crippen MR) is 65.1 cm³/mol. The molecular formula is C13H17NO3. The predicted octanol–water partition coefficient (Wildman–Crippen LogP) is 2.21. The van der Waals surface area contributed by atoms with Crippen molar-refractivity contribution in [3.8, 4) is 5.75 Å². The number of amides is 1. The van der Waals surface area contributed by atoms with Crippen LogP contribution in [0.2, 0.25) is 0 Å².